The van der Waals surface area contributed by atoms with Crippen LogP contribution in [0.3, 0.4) is 0 Å². The fourth-order valence-corrected chi connectivity index (χ4v) is 1.13. The summed E-state index contributed by atoms with van der Waals surface area (Å²) < 4.78 is 0. The summed E-state index contributed by atoms with van der Waals surface area (Å²) in [6, 6.07) is 0. The van der Waals surface area contributed by atoms with E-state index in [-0.39, 0.29) is 5.91 Å². The number of allylic oxidation sites excluding steroid dienone is 2. The van der Waals surface area contributed by atoms with Gasteiger partial charge in [-0.2, -0.15) is 0 Å². The number of hydrogen-bond donors (Lipinski definition) is 2. The molecule has 4 N–H and O–H groups in total. The van der Waals surface area contributed by atoms with Gasteiger partial charge in [0.05, 0.1) is 0 Å². The molecule has 0 saturated carbocycles. The molecule has 0 saturated heterocycles. The highest BCUT2D eigenvalue weighted by Crippen LogP contribution is 2.17. The fourth-order valence-electron chi connectivity index (χ4n) is 1.13. The summed E-state index contributed by atoms with van der Waals surface area (Å²) in [6.07, 6.45) is 5.96. The number of amides is 1. The largest absolute Gasteiger partial charge is 0.399 e. The van der Waals surface area contributed by atoms with Crippen LogP contribution in [-0.4, -0.2) is 5.91 Å². The minimum atomic E-state index is -0.307. The van der Waals surface area contributed by atoms with Gasteiger partial charge in [-0.15, -0.1) is 0 Å². The van der Waals surface area contributed by atoms with Crippen molar-refractivity contribution in [1.29, 1.82) is 0 Å². The van der Waals surface area contributed by atoms with Crippen molar-refractivity contribution in [3.8, 4) is 0 Å². The second kappa shape index (κ2) is 3.23. The van der Waals surface area contributed by atoms with Crippen molar-refractivity contribution in [3.63, 3.8) is 0 Å². The first-order valence-corrected chi connectivity index (χ1v) is 3.62. The smallest absolute Gasteiger partial charge is 0.221 e. The average Bonchev–Trinajstić information content (AvgIpc) is 1.93. The molecule has 1 amide bonds. The number of carbonyl (C=O) groups is 1. The molecule has 1 rings (SSSR count). The molecule has 60 valence electrons. The molecule has 0 heterocycles. The van der Waals surface area contributed by atoms with Crippen LogP contribution in [-0.2, 0) is 4.79 Å². The summed E-state index contributed by atoms with van der Waals surface area (Å²) in [5, 5.41) is 0. The van der Waals surface area contributed by atoms with Crippen molar-refractivity contribution >= 4 is 5.91 Å². The third-order valence-electron chi connectivity index (χ3n) is 1.71. The van der Waals surface area contributed by atoms with E-state index in [1.54, 1.807) is 0 Å². The van der Waals surface area contributed by atoms with Gasteiger partial charge in [0.2, 0.25) is 5.91 Å². The molecule has 3 heteroatoms. The zero-order valence-electron chi connectivity index (χ0n) is 6.34. The van der Waals surface area contributed by atoms with E-state index in [0.29, 0.717) is 12.1 Å². The standard InChI is InChI=1S/C8H12N2O/c9-7-4-2-1-3-6(7)5-8(10)11/h2,4H,1,3,5,9H2,(H2,10,11). The average molecular weight is 152 g/mol. The Bertz CT molecular complexity index is 228. The predicted octanol–water partition coefficient (Wildman–Crippen LogP) is 0.425. The highest BCUT2D eigenvalue weighted by atomic mass is 16.1. The molecule has 11 heavy (non-hydrogen) atoms. The summed E-state index contributed by atoms with van der Waals surface area (Å²) in [4.78, 5) is 10.5. The van der Waals surface area contributed by atoms with Crippen molar-refractivity contribution in [2.24, 2.45) is 11.5 Å². The first-order valence-electron chi connectivity index (χ1n) is 3.62. The van der Waals surface area contributed by atoms with Gasteiger partial charge < -0.3 is 11.5 Å². The van der Waals surface area contributed by atoms with E-state index in [2.05, 4.69) is 0 Å². The number of rotatable bonds is 2. The zero-order chi connectivity index (χ0) is 8.27. The molecule has 0 aromatic rings. The Morgan fingerprint density at radius 2 is 2.36 bits per heavy atom. The minimum absolute atomic E-state index is 0.302. The summed E-state index contributed by atoms with van der Waals surface area (Å²) in [5.74, 6) is -0.307. The molecule has 0 aromatic heterocycles. The first kappa shape index (κ1) is 7.85. The maximum absolute atomic E-state index is 10.5. The van der Waals surface area contributed by atoms with Crippen LogP contribution in [0.15, 0.2) is 23.4 Å². The highest BCUT2D eigenvalue weighted by Gasteiger charge is 2.07. The van der Waals surface area contributed by atoms with Crippen LogP contribution in [0.25, 0.3) is 0 Å². The van der Waals surface area contributed by atoms with Gasteiger partial charge in [0.1, 0.15) is 0 Å². The van der Waals surface area contributed by atoms with Gasteiger partial charge in [-0.1, -0.05) is 6.08 Å². The first-order chi connectivity index (χ1) is 5.20. The third kappa shape index (κ3) is 2.11. The lowest BCUT2D eigenvalue weighted by Crippen LogP contribution is -2.14. The Morgan fingerprint density at radius 3 is 2.91 bits per heavy atom. The van der Waals surface area contributed by atoms with Gasteiger partial charge >= 0.3 is 0 Å². The number of carbonyl (C=O) groups excluding carboxylic acids is 1. The lowest BCUT2D eigenvalue weighted by atomic mass is 9.99. The quantitative estimate of drug-likeness (QED) is 0.602. The highest BCUT2D eigenvalue weighted by molar-refractivity contribution is 5.76. The number of nitrogens with two attached hydrogens (primary N) is 2. The predicted molar refractivity (Wildman–Crippen MR) is 43.4 cm³/mol. The van der Waals surface area contributed by atoms with Gasteiger partial charge in [0, 0.05) is 12.1 Å². The molecule has 0 spiro atoms. The van der Waals surface area contributed by atoms with Crippen molar-refractivity contribution in [3.05, 3.63) is 23.4 Å². The van der Waals surface area contributed by atoms with E-state index >= 15 is 0 Å². The van der Waals surface area contributed by atoms with Gasteiger partial charge in [-0.25, -0.2) is 0 Å². The van der Waals surface area contributed by atoms with Crippen LogP contribution in [0.4, 0.5) is 0 Å². The van der Waals surface area contributed by atoms with Crippen molar-refractivity contribution in [2.75, 3.05) is 0 Å². The number of primary amides is 1. The topological polar surface area (TPSA) is 69.1 Å². The van der Waals surface area contributed by atoms with E-state index in [1.807, 2.05) is 12.2 Å². The summed E-state index contributed by atoms with van der Waals surface area (Å²) in [6.45, 7) is 0. The van der Waals surface area contributed by atoms with Gasteiger partial charge in [0.15, 0.2) is 0 Å². The van der Waals surface area contributed by atoms with Crippen LogP contribution < -0.4 is 11.5 Å². The Hall–Kier alpha value is -1.25. The van der Waals surface area contributed by atoms with Gasteiger partial charge in [0.25, 0.3) is 0 Å². The summed E-state index contributed by atoms with van der Waals surface area (Å²) in [5.41, 5.74) is 12.3. The number of hydrogen-bond acceptors (Lipinski definition) is 2. The van der Waals surface area contributed by atoms with Crippen LogP contribution in [0.5, 0.6) is 0 Å². The van der Waals surface area contributed by atoms with E-state index in [4.69, 9.17) is 11.5 Å². The van der Waals surface area contributed by atoms with E-state index in [1.165, 1.54) is 0 Å². The fraction of sp³-hybridized carbons (Fsp3) is 0.375. The lowest BCUT2D eigenvalue weighted by molar-refractivity contribution is -0.117. The Kier molecular flexibility index (Phi) is 2.31. The Morgan fingerprint density at radius 1 is 1.64 bits per heavy atom. The normalized spacial score (nSPS) is 17.1. The second-order valence-corrected chi connectivity index (χ2v) is 2.64. The SMILES string of the molecule is NC(=O)CC1=C(N)C=CCC1. The molecule has 0 unspecified atom stereocenters. The van der Waals surface area contributed by atoms with Crippen molar-refractivity contribution in [2.45, 2.75) is 19.3 Å². The van der Waals surface area contributed by atoms with Crippen LogP contribution >= 0.6 is 0 Å². The molecule has 0 bridgehead atoms. The van der Waals surface area contributed by atoms with Crippen LogP contribution in [0.2, 0.25) is 0 Å². The molecule has 0 fully saturated rings. The van der Waals surface area contributed by atoms with Gasteiger partial charge in [-0.05, 0) is 24.5 Å². The molecule has 1 aliphatic carbocycles. The van der Waals surface area contributed by atoms with Crippen molar-refractivity contribution < 1.29 is 4.79 Å². The monoisotopic (exact) mass is 152 g/mol. The molecule has 3 nitrogen and oxygen atoms in total. The van der Waals surface area contributed by atoms with Gasteiger partial charge in [-0.3, -0.25) is 4.79 Å². The minimum Gasteiger partial charge on any atom is -0.399 e. The lowest BCUT2D eigenvalue weighted by Gasteiger charge is -2.10. The maximum atomic E-state index is 10.5. The zero-order valence-corrected chi connectivity index (χ0v) is 6.34. The van der Waals surface area contributed by atoms with E-state index < -0.39 is 0 Å². The molecular formula is C8H12N2O. The maximum Gasteiger partial charge on any atom is 0.221 e. The molecular weight excluding hydrogens is 140 g/mol. The molecule has 0 atom stereocenters. The van der Waals surface area contributed by atoms with E-state index in [9.17, 15) is 4.79 Å². The van der Waals surface area contributed by atoms with Crippen LogP contribution in [0, 0.1) is 0 Å². The molecule has 0 radical (unpaired) electrons. The molecule has 1 aliphatic rings. The Balaban J connectivity index is 2.67. The second-order valence-electron chi connectivity index (χ2n) is 2.64. The van der Waals surface area contributed by atoms with Crippen molar-refractivity contribution in [1.82, 2.24) is 0 Å². The summed E-state index contributed by atoms with van der Waals surface area (Å²) in [7, 11) is 0. The molecule has 0 aromatic carbocycles. The Labute approximate surface area is 65.8 Å². The molecule has 0 aliphatic heterocycles. The summed E-state index contributed by atoms with van der Waals surface area (Å²) >= 11 is 0. The third-order valence-corrected chi connectivity index (χ3v) is 1.71. The van der Waals surface area contributed by atoms with Crippen LogP contribution in [0.1, 0.15) is 19.3 Å². The van der Waals surface area contributed by atoms with E-state index in [0.717, 1.165) is 18.4 Å².